The largest absolute Gasteiger partial charge is 0.385 e. The van der Waals surface area contributed by atoms with Gasteiger partial charge in [0.2, 0.25) is 0 Å². The van der Waals surface area contributed by atoms with Gasteiger partial charge in [-0.05, 0) is 37.6 Å². The molecule has 0 aromatic heterocycles. The van der Waals surface area contributed by atoms with Crippen LogP contribution >= 0.6 is 11.6 Å². The van der Waals surface area contributed by atoms with Crippen molar-refractivity contribution in [3.8, 4) is 0 Å². The van der Waals surface area contributed by atoms with Crippen LogP contribution in [0.4, 0.5) is 4.39 Å². The molecule has 0 unspecified atom stereocenters. The summed E-state index contributed by atoms with van der Waals surface area (Å²) in [6, 6.07) is 4.96. The van der Waals surface area contributed by atoms with Gasteiger partial charge >= 0.3 is 0 Å². The molecule has 0 radical (unpaired) electrons. The Morgan fingerprint density at radius 2 is 2.25 bits per heavy atom. The van der Waals surface area contributed by atoms with E-state index < -0.39 is 0 Å². The molecule has 2 nitrogen and oxygen atoms in total. The van der Waals surface area contributed by atoms with E-state index in [9.17, 15) is 4.39 Å². The van der Waals surface area contributed by atoms with Crippen molar-refractivity contribution in [2.75, 3.05) is 20.3 Å². The highest BCUT2D eigenvalue weighted by atomic mass is 35.5. The Kier molecular flexibility index (Phi) is 5.74. The third-order valence-corrected chi connectivity index (χ3v) is 2.71. The van der Waals surface area contributed by atoms with Gasteiger partial charge in [-0.2, -0.15) is 0 Å². The van der Waals surface area contributed by atoms with Gasteiger partial charge in [0.25, 0.3) is 0 Å². The monoisotopic (exact) mass is 245 g/mol. The second kappa shape index (κ2) is 6.84. The highest BCUT2D eigenvalue weighted by Gasteiger charge is 2.07. The molecule has 1 aromatic carbocycles. The van der Waals surface area contributed by atoms with Crippen LogP contribution in [0.2, 0.25) is 5.02 Å². The Balaban J connectivity index is 2.46. The Morgan fingerprint density at radius 3 is 2.88 bits per heavy atom. The molecule has 0 amide bonds. The summed E-state index contributed by atoms with van der Waals surface area (Å²) in [5.41, 5.74) is 0.990. The number of halogens is 2. The minimum absolute atomic E-state index is 0.162. The average molecular weight is 246 g/mol. The predicted molar refractivity (Wildman–Crippen MR) is 64.3 cm³/mol. The lowest BCUT2D eigenvalue weighted by atomic mass is 10.1. The first-order valence-electron chi connectivity index (χ1n) is 5.32. The number of hydrogen-bond donors (Lipinski definition) is 1. The van der Waals surface area contributed by atoms with Crippen LogP contribution < -0.4 is 5.32 Å². The molecule has 0 fully saturated rings. The van der Waals surface area contributed by atoms with E-state index in [0.29, 0.717) is 0 Å². The summed E-state index contributed by atoms with van der Waals surface area (Å²) in [5.74, 6) is -0.378. The Labute approximate surface area is 101 Å². The third-order valence-electron chi connectivity index (χ3n) is 2.42. The molecular formula is C12H17ClFNO. The van der Waals surface area contributed by atoms with Crippen LogP contribution in [0.25, 0.3) is 0 Å². The quantitative estimate of drug-likeness (QED) is 0.778. The number of methoxy groups -OCH3 is 1. The molecule has 16 heavy (non-hydrogen) atoms. The van der Waals surface area contributed by atoms with Crippen LogP contribution in [0.15, 0.2) is 18.2 Å². The van der Waals surface area contributed by atoms with Gasteiger partial charge in [-0.15, -0.1) is 0 Å². The molecule has 0 bridgehead atoms. The maximum atomic E-state index is 12.9. The molecule has 1 N–H and O–H groups in total. The van der Waals surface area contributed by atoms with Crippen molar-refractivity contribution in [1.29, 1.82) is 0 Å². The summed E-state index contributed by atoms with van der Waals surface area (Å²) in [6.45, 7) is 3.63. The standard InChI is InChI=1S/C12H17ClFNO/c1-9(15-6-3-7-16-2)10-4-5-12(14)11(13)8-10/h4-5,8-9,15H,3,6-7H2,1-2H3/t9-/m0/s1. The Hall–Kier alpha value is -0.640. The fourth-order valence-corrected chi connectivity index (χ4v) is 1.62. The van der Waals surface area contributed by atoms with Crippen LogP contribution in [0.3, 0.4) is 0 Å². The zero-order chi connectivity index (χ0) is 12.0. The van der Waals surface area contributed by atoms with E-state index in [4.69, 9.17) is 16.3 Å². The predicted octanol–water partition coefficient (Wildman–Crippen LogP) is 3.17. The van der Waals surface area contributed by atoms with Crippen molar-refractivity contribution in [3.63, 3.8) is 0 Å². The molecule has 0 saturated carbocycles. The third kappa shape index (κ3) is 4.08. The van der Waals surface area contributed by atoms with Gasteiger partial charge in [-0.25, -0.2) is 4.39 Å². The minimum atomic E-state index is -0.378. The van der Waals surface area contributed by atoms with Crippen molar-refractivity contribution in [1.82, 2.24) is 5.32 Å². The molecule has 4 heteroatoms. The molecule has 0 aliphatic heterocycles. The minimum Gasteiger partial charge on any atom is -0.385 e. The maximum absolute atomic E-state index is 12.9. The number of ether oxygens (including phenoxy) is 1. The first kappa shape index (κ1) is 13.4. The topological polar surface area (TPSA) is 21.3 Å². The first-order chi connectivity index (χ1) is 7.65. The van der Waals surface area contributed by atoms with Gasteiger partial charge in [-0.1, -0.05) is 17.7 Å². The number of hydrogen-bond acceptors (Lipinski definition) is 2. The van der Waals surface area contributed by atoms with Gasteiger partial charge < -0.3 is 10.1 Å². The number of nitrogens with one attached hydrogen (secondary N) is 1. The normalized spacial score (nSPS) is 12.8. The van der Waals surface area contributed by atoms with Gasteiger partial charge in [-0.3, -0.25) is 0 Å². The lowest BCUT2D eigenvalue weighted by molar-refractivity contribution is 0.193. The number of benzene rings is 1. The highest BCUT2D eigenvalue weighted by Crippen LogP contribution is 2.20. The van der Waals surface area contributed by atoms with Crippen LogP contribution in [0.1, 0.15) is 24.9 Å². The molecule has 0 saturated heterocycles. The molecule has 1 aromatic rings. The molecule has 1 rings (SSSR count). The summed E-state index contributed by atoms with van der Waals surface area (Å²) in [7, 11) is 1.68. The van der Waals surface area contributed by atoms with Gasteiger partial charge in [0.15, 0.2) is 0 Å². The molecule has 1 atom stereocenters. The van der Waals surface area contributed by atoms with Gasteiger partial charge in [0.05, 0.1) is 5.02 Å². The van der Waals surface area contributed by atoms with E-state index in [1.807, 2.05) is 6.92 Å². The zero-order valence-corrected chi connectivity index (χ0v) is 10.4. The molecule has 0 aliphatic carbocycles. The zero-order valence-electron chi connectivity index (χ0n) is 9.59. The van der Waals surface area contributed by atoms with Crippen LogP contribution in [-0.2, 0) is 4.74 Å². The molecular weight excluding hydrogens is 229 g/mol. The van der Waals surface area contributed by atoms with Crippen LogP contribution in [0.5, 0.6) is 0 Å². The SMILES string of the molecule is COCCCN[C@@H](C)c1ccc(F)c(Cl)c1. The van der Waals surface area contributed by atoms with Crippen molar-refractivity contribution in [2.24, 2.45) is 0 Å². The molecule has 0 spiro atoms. The average Bonchev–Trinajstić information content (AvgIpc) is 2.28. The highest BCUT2D eigenvalue weighted by molar-refractivity contribution is 6.30. The van der Waals surface area contributed by atoms with E-state index in [1.54, 1.807) is 19.2 Å². The van der Waals surface area contributed by atoms with E-state index >= 15 is 0 Å². The lowest BCUT2D eigenvalue weighted by Crippen LogP contribution is -2.20. The summed E-state index contributed by atoms with van der Waals surface area (Å²) >= 11 is 5.72. The van der Waals surface area contributed by atoms with Crippen LogP contribution in [0, 0.1) is 5.82 Å². The molecule has 90 valence electrons. The van der Waals surface area contributed by atoms with Crippen molar-refractivity contribution < 1.29 is 9.13 Å². The molecule has 0 heterocycles. The summed E-state index contributed by atoms with van der Waals surface area (Å²) in [5, 5.41) is 3.49. The smallest absolute Gasteiger partial charge is 0.141 e. The Bertz CT molecular complexity index is 333. The lowest BCUT2D eigenvalue weighted by Gasteiger charge is -2.14. The number of rotatable bonds is 6. The van der Waals surface area contributed by atoms with Crippen molar-refractivity contribution >= 4 is 11.6 Å². The van der Waals surface area contributed by atoms with Crippen molar-refractivity contribution in [2.45, 2.75) is 19.4 Å². The van der Waals surface area contributed by atoms with E-state index in [2.05, 4.69) is 5.32 Å². The van der Waals surface area contributed by atoms with Crippen LogP contribution in [-0.4, -0.2) is 20.3 Å². The summed E-state index contributed by atoms with van der Waals surface area (Å²) in [4.78, 5) is 0. The fraction of sp³-hybridized carbons (Fsp3) is 0.500. The van der Waals surface area contributed by atoms with Gasteiger partial charge in [0.1, 0.15) is 5.82 Å². The summed E-state index contributed by atoms with van der Waals surface area (Å²) < 4.78 is 17.9. The maximum Gasteiger partial charge on any atom is 0.141 e. The van der Waals surface area contributed by atoms with E-state index in [0.717, 1.165) is 25.1 Å². The molecule has 0 aliphatic rings. The second-order valence-electron chi connectivity index (χ2n) is 3.70. The van der Waals surface area contributed by atoms with Crippen molar-refractivity contribution in [3.05, 3.63) is 34.6 Å². The van der Waals surface area contributed by atoms with E-state index in [1.165, 1.54) is 6.07 Å². The van der Waals surface area contributed by atoms with E-state index in [-0.39, 0.29) is 16.9 Å². The Morgan fingerprint density at radius 1 is 1.50 bits per heavy atom. The van der Waals surface area contributed by atoms with Gasteiger partial charge in [0, 0.05) is 19.8 Å². The second-order valence-corrected chi connectivity index (χ2v) is 4.10. The summed E-state index contributed by atoms with van der Waals surface area (Å²) in [6.07, 6.45) is 0.954. The fourth-order valence-electron chi connectivity index (χ4n) is 1.43. The first-order valence-corrected chi connectivity index (χ1v) is 5.70.